The van der Waals surface area contributed by atoms with Crippen molar-refractivity contribution in [2.24, 2.45) is 0 Å². The number of imidazole rings is 1. The van der Waals surface area contributed by atoms with E-state index in [-0.39, 0.29) is 6.29 Å². The number of nitrogens with zero attached hydrogens (tertiary/aromatic N) is 2. The van der Waals surface area contributed by atoms with Crippen molar-refractivity contribution < 1.29 is 9.47 Å². The van der Waals surface area contributed by atoms with Gasteiger partial charge >= 0.3 is 0 Å². The molecule has 1 fully saturated rings. The van der Waals surface area contributed by atoms with Crippen molar-refractivity contribution in [2.75, 3.05) is 13.2 Å². The fourth-order valence-electron chi connectivity index (χ4n) is 1.86. The van der Waals surface area contributed by atoms with Gasteiger partial charge in [0.1, 0.15) is 0 Å². The molecule has 1 aliphatic rings. The number of ether oxygens (including phenoxy) is 2. The number of benzene rings is 1. The third-order valence-corrected chi connectivity index (χ3v) is 2.60. The molecule has 0 bridgehead atoms. The topological polar surface area (TPSA) is 36.3 Å². The number of hydrogen-bond donors (Lipinski definition) is 0. The van der Waals surface area contributed by atoms with Gasteiger partial charge in [-0.2, -0.15) is 0 Å². The van der Waals surface area contributed by atoms with Crippen molar-refractivity contribution in [1.29, 1.82) is 0 Å². The van der Waals surface area contributed by atoms with Crippen LogP contribution < -0.4 is 0 Å². The van der Waals surface area contributed by atoms with Crippen molar-refractivity contribution in [2.45, 2.75) is 6.29 Å². The Labute approximate surface area is 93.4 Å². The molecule has 4 heteroatoms. The molecular formula is C12H12N2O2. The Morgan fingerprint density at radius 1 is 1.19 bits per heavy atom. The Hall–Kier alpha value is -1.65. The lowest BCUT2D eigenvalue weighted by Crippen LogP contribution is -2.04. The minimum absolute atomic E-state index is 0.251. The van der Waals surface area contributed by atoms with E-state index < -0.39 is 0 Å². The first kappa shape index (κ1) is 9.57. The summed E-state index contributed by atoms with van der Waals surface area (Å²) >= 11 is 0. The summed E-state index contributed by atoms with van der Waals surface area (Å²) in [5.74, 6) is 0. The van der Waals surface area contributed by atoms with E-state index in [2.05, 4.69) is 4.98 Å². The van der Waals surface area contributed by atoms with Gasteiger partial charge < -0.3 is 14.0 Å². The van der Waals surface area contributed by atoms with Gasteiger partial charge in [0.15, 0.2) is 6.29 Å². The van der Waals surface area contributed by atoms with E-state index in [9.17, 15) is 0 Å². The van der Waals surface area contributed by atoms with Gasteiger partial charge in [0.05, 0.1) is 25.2 Å². The maximum Gasteiger partial charge on any atom is 0.186 e. The molecule has 0 N–H and O–H groups in total. The van der Waals surface area contributed by atoms with Crippen LogP contribution in [-0.2, 0) is 9.47 Å². The van der Waals surface area contributed by atoms with Crippen LogP contribution in [0.25, 0.3) is 5.69 Å². The Bertz CT molecular complexity index is 462. The molecule has 0 spiro atoms. The number of rotatable bonds is 2. The fourth-order valence-corrected chi connectivity index (χ4v) is 1.86. The first-order chi connectivity index (χ1) is 7.95. The average Bonchev–Trinajstić information content (AvgIpc) is 3.03. The van der Waals surface area contributed by atoms with Crippen LogP contribution in [0.4, 0.5) is 0 Å². The van der Waals surface area contributed by atoms with Gasteiger partial charge in [-0.3, -0.25) is 0 Å². The second kappa shape index (κ2) is 4.08. The summed E-state index contributed by atoms with van der Waals surface area (Å²) in [7, 11) is 0. The largest absolute Gasteiger partial charge is 0.346 e. The highest BCUT2D eigenvalue weighted by Gasteiger charge is 2.21. The Morgan fingerprint density at radius 3 is 2.75 bits per heavy atom. The summed E-state index contributed by atoms with van der Waals surface area (Å²) in [6.45, 7) is 1.31. The molecular weight excluding hydrogens is 204 g/mol. The van der Waals surface area contributed by atoms with Crippen LogP contribution in [0, 0.1) is 0 Å². The van der Waals surface area contributed by atoms with Gasteiger partial charge in [-0.05, 0) is 6.07 Å². The smallest absolute Gasteiger partial charge is 0.186 e. The van der Waals surface area contributed by atoms with Gasteiger partial charge in [0, 0.05) is 18.0 Å². The molecule has 0 unspecified atom stereocenters. The molecule has 2 heterocycles. The lowest BCUT2D eigenvalue weighted by molar-refractivity contribution is -0.0440. The van der Waals surface area contributed by atoms with Gasteiger partial charge in [-0.15, -0.1) is 0 Å². The van der Waals surface area contributed by atoms with E-state index in [0.717, 1.165) is 11.3 Å². The first-order valence-electron chi connectivity index (χ1n) is 5.25. The zero-order chi connectivity index (χ0) is 10.8. The normalized spacial score (nSPS) is 16.8. The van der Waals surface area contributed by atoms with Gasteiger partial charge in [-0.25, -0.2) is 4.98 Å². The van der Waals surface area contributed by atoms with E-state index in [1.165, 1.54) is 0 Å². The molecule has 16 heavy (non-hydrogen) atoms. The predicted molar refractivity (Wildman–Crippen MR) is 58.2 cm³/mol. The Kier molecular flexibility index (Phi) is 2.44. The second-order valence-electron chi connectivity index (χ2n) is 3.60. The molecule has 0 atom stereocenters. The van der Waals surface area contributed by atoms with Crippen LogP contribution in [0.15, 0.2) is 43.0 Å². The maximum atomic E-state index is 5.52. The quantitative estimate of drug-likeness (QED) is 0.769. The number of para-hydroxylation sites is 1. The van der Waals surface area contributed by atoms with Crippen LogP contribution in [0.3, 0.4) is 0 Å². The molecule has 3 rings (SSSR count). The molecule has 0 aliphatic carbocycles. The lowest BCUT2D eigenvalue weighted by Gasteiger charge is -2.14. The lowest BCUT2D eigenvalue weighted by atomic mass is 10.1. The van der Waals surface area contributed by atoms with Gasteiger partial charge in [-0.1, -0.05) is 18.2 Å². The van der Waals surface area contributed by atoms with Gasteiger partial charge in [0.25, 0.3) is 0 Å². The first-order valence-corrected chi connectivity index (χ1v) is 5.25. The van der Waals surface area contributed by atoms with E-state index in [4.69, 9.17) is 9.47 Å². The molecule has 2 aromatic rings. The highest BCUT2D eigenvalue weighted by molar-refractivity contribution is 5.41. The number of hydrogen-bond acceptors (Lipinski definition) is 3. The van der Waals surface area contributed by atoms with E-state index >= 15 is 0 Å². The zero-order valence-corrected chi connectivity index (χ0v) is 8.74. The second-order valence-corrected chi connectivity index (χ2v) is 3.60. The van der Waals surface area contributed by atoms with Crippen LogP contribution in [0.1, 0.15) is 11.9 Å². The SMILES string of the molecule is c1ccc(-n2ccnc2)c(C2OCCO2)c1. The standard InChI is InChI=1S/C12H12N2O2/c1-2-4-11(14-6-5-13-9-14)10(3-1)12-15-7-8-16-12/h1-6,9,12H,7-8H2. The van der Waals surface area contributed by atoms with Crippen LogP contribution >= 0.6 is 0 Å². The highest BCUT2D eigenvalue weighted by Crippen LogP contribution is 2.28. The highest BCUT2D eigenvalue weighted by atomic mass is 16.7. The van der Waals surface area contributed by atoms with Crippen LogP contribution in [0.5, 0.6) is 0 Å². The van der Waals surface area contributed by atoms with E-state index in [1.54, 1.807) is 12.5 Å². The van der Waals surface area contributed by atoms with Crippen molar-refractivity contribution in [3.8, 4) is 5.69 Å². The van der Waals surface area contributed by atoms with Crippen molar-refractivity contribution >= 4 is 0 Å². The Morgan fingerprint density at radius 2 is 2.00 bits per heavy atom. The summed E-state index contributed by atoms with van der Waals surface area (Å²) in [5.41, 5.74) is 2.09. The van der Waals surface area contributed by atoms with E-state index in [0.29, 0.717) is 13.2 Å². The van der Waals surface area contributed by atoms with Crippen LogP contribution in [-0.4, -0.2) is 22.8 Å². The van der Waals surface area contributed by atoms with Gasteiger partial charge in [0.2, 0.25) is 0 Å². The molecule has 1 aromatic heterocycles. The molecule has 0 amide bonds. The average molecular weight is 216 g/mol. The molecule has 1 saturated heterocycles. The molecule has 0 radical (unpaired) electrons. The summed E-state index contributed by atoms with van der Waals surface area (Å²) in [4.78, 5) is 4.05. The summed E-state index contributed by atoms with van der Waals surface area (Å²) in [5, 5.41) is 0. The third-order valence-electron chi connectivity index (χ3n) is 2.60. The Balaban J connectivity index is 2.04. The molecule has 82 valence electrons. The molecule has 0 saturated carbocycles. The van der Waals surface area contributed by atoms with Crippen molar-refractivity contribution in [3.05, 3.63) is 48.5 Å². The third kappa shape index (κ3) is 1.62. The number of aromatic nitrogens is 2. The predicted octanol–water partition coefficient (Wildman–Crippen LogP) is 1.92. The monoisotopic (exact) mass is 216 g/mol. The molecule has 4 nitrogen and oxygen atoms in total. The van der Waals surface area contributed by atoms with Crippen LogP contribution in [0.2, 0.25) is 0 Å². The molecule has 1 aromatic carbocycles. The summed E-state index contributed by atoms with van der Waals surface area (Å²) < 4.78 is 13.0. The maximum absolute atomic E-state index is 5.52. The minimum atomic E-state index is -0.251. The van der Waals surface area contributed by atoms with Crippen molar-refractivity contribution in [1.82, 2.24) is 9.55 Å². The molecule has 1 aliphatic heterocycles. The summed E-state index contributed by atoms with van der Waals surface area (Å²) in [6.07, 6.45) is 5.19. The van der Waals surface area contributed by atoms with Crippen molar-refractivity contribution in [3.63, 3.8) is 0 Å². The fraction of sp³-hybridized carbons (Fsp3) is 0.250. The van der Waals surface area contributed by atoms with E-state index in [1.807, 2.05) is 35.0 Å². The zero-order valence-electron chi connectivity index (χ0n) is 8.74. The summed E-state index contributed by atoms with van der Waals surface area (Å²) in [6, 6.07) is 8.03. The minimum Gasteiger partial charge on any atom is -0.346 e.